The highest BCUT2D eigenvalue weighted by Crippen LogP contribution is 2.11. The van der Waals surface area contributed by atoms with Gasteiger partial charge in [0.2, 0.25) is 6.41 Å². The Kier molecular flexibility index (Phi) is 2.86. The Bertz CT molecular complexity index is 297. The number of rotatable bonds is 3. The van der Waals surface area contributed by atoms with E-state index in [-0.39, 0.29) is 0 Å². The van der Waals surface area contributed by atoms with Crippen LogP contribution < -0.4 is 5.32 Å². The number of benzene rings is 1. The zero-order valence-electron chi connectivity index (χ0n) is 6.45. The standard InChI is InChI=1S/C9H8N2O/c1-10-9-4-2-8(3-5-9)6-11-7-12/h2-5,7H,6H2,(H,11,12). The van der Waals surface area contributed by atoms with Gasteiger partial charge in [-0.3, -0.25) is 4.79 Å². The summed E-state index contributed by atoms with van der Waals surface area (Å²) in [4.78, 5) is 13.2. The molecule has 1 aromatic carbocycles. The average Bonchev–Trinajstić information content (AvgIpc) is 2.15. The van der Waals surface area contributed by atoms with E-state index >= 15 is 0 Å². The second-order valence-corrected chi connectivity index (χ2v) is 2.28. The lowest BCUT2D eigenvalue weighted by atomic mass is 10.2. The summed E-state index contributed by atoms with van der Waals surface area (Å²) < 4.78 is 0. The summed E-state index contributed by atoms with van der Waals surface area (Å²) in [5.41, 5.74) is 1.61. The zero-order valence-corrected chi connectivity index (χ0v) is 6.45. The first kappa shape index (κ1) is 8.28. The van der Waals surface area contributed by atoms with E-state index in [1.165, 1.54) is 0 Å². The molecule has 0 aliphatic heterocycles. The van der Waals surface area contributed by atoms with Crippen LogP contribution in [-0.2, 0) is 11.3 Å². The van der Waals surface area contributed by atoms with Crippen molar-refractivity contribution in [2.24, 2.45) is 0 Å². The minimum atomic E-state index is 0.516. The average molecular weight is 160 g/mol. The molecular formula is C9H8N2O. The van der Waals surface area contributed by atoms with Crippen molar-refractivity contribution in [2.75, 3.05) is 0 Å². The van der Waals surface area contributed by atoms with Crippen molar-refractivity contribution in [1.82, 2.24) is 5.32 Å². The third-order valence-corrected chi connectivity index (χ3v) is 1.45. The number of nitrogens with zero attached hydrogens (tertiary/aromatic N) is 1. The Balaban J connectivity index is 2.66. The van der Waals surface area contributed by atoms with Crippen molar-refractivity contribution in [3.05, 3.63) is 41.2 Å². The fraction of sp³-hybridized carbons (Fsp3) is 0.111. The molecule has 0 bridgehead atoms. The number of amides is 1. The third-order valence-electron chi connectivity index (χ3n) is 1.45. The van der Waals surface area contributed by atoms with Crippen LogP contribution in [0.4, 0.5) is 5.69 Å². The maximum absolute atomic E-state index is 9.94. The first-order valence-electron chi connectivity index (χ1n) is 3.50. The molecule has 0 fully saturated rings. The lowest BCUT2D eigenvalue weighted by Gasteiger charge is -1.98. The van der Waals surface area contributed by atoms with Crippen LogP contribution >= 0.6 is 0 Å². The molecular weight excluding hydrogens is 152 g/mol. The van der Waals surface area contributed by atoms with Gasteiger partial charge in [0.1, 0.15) is 0 Å². The van der Waals surface area contributed by atoms with Gasteiger partial charge in [0.05, 0.1) is 6.57 Å². The number of hydrogen-bond acceptors (Lipinski definition) is 1. The lowest BCUT2D eigenvalue weighted by Crippen LogP contribution is -2.09. The summed E-state index contributed by atoms with van der Waals surface area (Å²) in [5, 5.41) is 2.54. The first-order valence-corrected chi connectivity index (χ1v) is 3.50. The second kappa shape index (κ2) is 4.14. The number of nitrogens with one attached hydrogen (secondary N) is 1. The van der Waals surface area contributed by atoms with E-state index in [9.17, 15) is 4.79 Å². The fourth-order valence-electron chi connectivity index (χ4n) is 0.848. The molecule has 3 heteroatoms. The molecule has 0 heterocycles. The molecule has 3 nitrogen and oxygen atoms in total. The highest BCUT2D eigenvalue weighted by molar-refractivity contribution is 5.48. The summed E-state index contributed by atoms with van der Waals surface area (Å²) >= 11 is 0. The summed E-state index contributed by atoms with van der Waals surface area (Å²) in [7, 11) is 0. The molecule has 0 aliphatic rings. The molecule has 12 heavy (non-hydrogen) atoms. The van der Waals surface area contributed by atoms with Gasteiger partial charge in [-0.15, -0.1) is 0 Å². The Morgan fingerprint density at radius 1 is 1.42 bits per heavy atom. The zero-order chi connectivity index (χ0) is 8.81. The summed E-state index contributed by atoms with van der Waals surface area (Å²) in [5.74, 6) is 0. The van der Waals surface area contributed by atoms with Crippen LogP contribution in [0.15, 0.2) is 24.3 Å². The Hall–Kier alpha value is -1.82. The van der Waals surface area contributed by atoms with Crippen LogP contribution in [0.3, 0.4) is 0 Å². The smallest absolute Gasteiger partial charge is 0.207 e. The van der Waals surface area contributed by atoms with Gasteiger partial charge >= 0.3 is 0 Å². The molecule has 0 radical (unpaired) electrons. The highest BCUT2D eigenvalue weighted by Gasteiger charge is 1.91. The predicted octanol–water partition coefficient (Wildman–Crippen LogP) is 1.48. The van der Waals surface area contributed by atoms with Gasteiger partial charge in [-0.05, 0) is 5.56 Å². The largest absolute Gasteiger partial charge is 0.355 e. The first-order chi connectivity index (χ1) is 5.86. The topological polar surface area (TPSA) is 33.5 Å². The Morgan fingerprint density at radius 2 is 2.08 bits per heavy atom. The van der Waals surface area contributed by atoms with E-state index in [4.69, 9.17) is 6.57 Å². The lowest BCUT2D eigenvalue weighted by molar-refractivity contribution is -0.109. The molecule has 1 aromatic rings. The van der Waals surface area contributed by atoms with E-state index in [1.54, 1.807) is 12.1 Å². The van der Waals surface area contributed by atoms with Crippen molar-refractivity contribution in [2.45, 2.75) is 6.54 Å². The maximum Gasteiger partial charge on any atom is 0.207 e. The summed E-state index contributed by atoms with van der Waals surface area (Å²) in [6.45, 7) is 7.22. The predicted molar refractivity (Wildman–Crippen MR) is 45.6 cm³/mol. The molecule has 1 rings (SSSR count). The van der Waals surface area contributed by atoms with Crippen LogP contribution in [0.25, 0.3) is 4.85 Å². The molecule has 0 atom stereocenters. The second-order valence-electron chi connectivity index (χ2n) is 2.28. The molecule has 0 spiro atoms. The molecule has 0 aliphatic carbocycles. The van der Waals surface area contributed by atoms with Gasteiger partial charge < -0.3 is 5.32 Å². The van der Waals surface area contributed by atoms with Crippen molar-refractivity contribution in [3.63, 3.8) is 0 Å². The third kappa shape index (κ3) is 2.10. The van der Waals surface area contributed by atoms with Crippen LogP contribution in [-0.4, -0.2) is 6.41 Å². The minimum Gasteiger partial charge on any atom is -0.355 e. The normalized spacial score (nSPS) is 8.58. The molecule has 0 unspecified atom stereocenters. The molecule has 0 saturated carbocycles. The van der Waals surface area contributed by atoms with E-state index in [0.29, 0.717) is 18.6 Å². The maximum atomic E-state index is 9.94. The van der Waals surface area contributed by atoms with Gasteiger partial charge in [0.25, 0.3) is 0 Å². The van der Waals surface area contributed by atoms with Crippen LogP contribution in [0.2, 0.25) is 0 Å². The molecule has 1 amide bonds. The fourth-order valence-corrected chi connectivity index (χ4v) is 0.848. The van der Waals surface area contributed by atoms with Crippen LogP contribution in [0.1, 0.15) is 5.56 Å². The monoisotopic (exact) mass is 160 g/mol. The van der Waals surface area contributed by atoms with Crippen molar-refractivity contribution < 1.29 is 4.79 Å². The Labute approximate surface area is 70.8 Å². The van der Waals surface area contributed by atoms with Gasteiger partial charge in [-0.25, -0.2) is 4.85 Å². The van der Waals surface area contributed by atoms with Crippen molar-refractivity contribution >= 4 is 12.1 Å². The van der Waals surface area contributed by atoms with E-state index in [2.05, 4.69) is 10.2 Å². The SMILES string of the molecule is [C-]#[N+]c1ccc(CNC=O)cc1. The van der Waals surface area contributed by atoms with Crippen LogP contribution in [0.5, 0.6) is 0 Å². The van der Waals surface area contributed by atoms with Gasteiger partial charge in [0.15, 0.2) is 5.69 Å². The quantitative estimate of drug-likeness (QED) is 0.527. The van der Waals surface area contributed by atoms with E-state index < -0.39 is 0 Å². The highest BCUT2D eigenvalue weighted by atomic mass is 16.1. The molecule has 0 aromatic heterocycles. The van der Waals surface area contributed by atoms with E-state index in [1.807, 2.05) is 12.1 Å². The van der Waals surface area contributed by atoms with Crippen LogP contribution in [0, 0.1) is 6.57 Å². The minimum absolute atomic E-state index is 0.516. The van der Waals surface area contributed by atoms with Gasteiger partial charge in [-0.2, -0.15) is 0 Å². The molecule has 0 saturated heterocycles. The number of carbonyl (C=O) groups is 1. The van der Waals surface area contributed by atoms with Gasteiger partial charge in [-0.1, -0.05) is 24.3 Å². The number of carbonyl (C=O) groups excluding carboxylic acids is 1. The molecule has 60 valence electrons. The van der Waals surface area contributed by atoms with Crippen molar-refractivity contribution in [1.29, 1.82) is 0 Å². The summed E-state index contributed by atoms with van der Waals surface area (Å²) in [6, 6.07) is 7.11. The van der Waals surface area contributed by atoms with Gasteiger partial charge in [0, 0.05) is 6.54 Å². The molecule has 1 N–H and O–H groups in total. The Morgan fingerprint density at radius 3 is 2.58 bits per heavy atom. The summed E-state index contributed by atoms with van der Waals surface area (Å²) in [6.07, 6.45) is 0.656. The number of hydrogen-bond donors (Lipinski definition) is 1. The van der Waals surface area contributed by atoms with Crippen molar-refractivity contribution in [3.8, 4) is 0 Å². The van der Waals surface area contributed by atoms with E-state index in [0.717, 1.165) is 5.56 Å².